The molecule has 2 heterocycles. The van der Waals surface area contributed by atoms with Gasteiger partial charge in [0.2, 0.25) is 5.91 Å². The number of aromatic nitrogens is 1. The SMILES string of the molecule is Cc1ccccc1-c1ncccc1C(=O)N1CCC(C(=O)NC2CCCC2)CC1. The summed E-state index contributed by atoms with van der Waals surface area (Å²) in [6.07, 6.45) is 7.82. The van der Waals surface area contributed by atoms with Crippen LogP contribution >= 0.6 is 0 Å². The van der Waals surface area contributed by atoms with Crippen LogP contribution in [0.5, 0.6) is 0 Å². The highest BCUT2D eigenvalue weighted by atomic mass is 16.2. The highest BCUT2D eigenvalue weighted by Crippen LogP contribution is 2.27. The minimum atomic E-state index is 0.00556. The van der Waals surface area contributed by atoms with Gasteiger partial charge in [-0.05, 0) is 50.3 Å². The number of nitrogens with zero attached hydrogens (tertiary/aromatic N) is 2. The average Bonchev–Trinajstić information content (AvgIpc) is 3.27. The number of nitrogens with one attached hydrogen (secondary N) is 1. The molecule has 1 aromatic carbocycles. The Morgan fingerprint density at radius 1 is 1.00 bits per heavy atom. The Hall–Kier alpha value is -2.69. The van der Waals surface area contributed by atoms with Crippen LogP contribution in [-0.2, 0) is 4.79 Å². The molecule has 2 fully saturated rings. The summed E-state index contributed by atoms with van der Waals surface area (Å²) < 4.78 is 0. The lowest BCUT2D eigenvalue weighted by molar-refractivity contribution is -0.127. The number of benzene rings is 1. The lowest BCUT2D eigenvalue weighted by Crippen LogP contribution is -2.45. The number of carbonyl (C=O) groups excluding carboxylic acids is 2. The van der Waals surface area contributed by atoms with Crippen LogP contribution in [0, 0.1) is 12.8 Å². The molecule has 2 amide bonds. The summed E-state index contributed by atoms with van der Waals surface area (Å²) in [6, 6.07) is 12.0. The fourth-order valence-corrected chi connectivity index (χ4v) is 4.54. The Bertz CT molecular complexity index is 881. The van der Waals surface area contributed by atoms with E-state index in [1.807, 2.05) is 48.2 Å². The molecule has 5 nitrogen and oxygen atoms in total. The van der Waals surface area contributed by atoms with Crippen molar-refractivity contribution >= 4 is 11.8 Å². The molecule has 1 N–H and O–H groups in total. The van der Waals surface area contributed by atoms with Crippen LogP contribution in [-0.4, -0.2) is 40.8 Å². The topological polar surface area (TPSA) is 62.3 Å². The zero-order valence-electron chi connectivity index (χ0n) is 17.1. The number of piperidine rings is 1. The molecule has 152 valence electrons. The molecular formula is C24H29N3O2. The number of aryl methyl sites for hydroxylation is 1. The Balaban J connectivity index is 1.43. The lowest BCUT2D eigenvalue weighted by Gasteiger charge is -2.32. The van der Waals surface area contributed by atoms with Gasteiger partial charge in [0.1, 0.15) is 0 Å². The van der Waals surface area contributed by atoms with Crippen LogP contribution in [0.3, 0.4) is 0 Å². The fourth-order valence-electron chi connectivity index (χ4n) is 4.54. The van der Waals surface area contributed by atoms with Gasteiger partial charge in [0.05, 0.1) is 11.3 Å². The van der Waals surface area contributed by atoms with Crippen molar-refractivity contribution in [2.75, 3.05) is 13.1 Å². The van der Waals surface area contributed by atoms with Crippen LogP contribution in [0.15, 0.2) is 42.6 Å². The number of likely N-dealkylation sites (tertiary alicyclic amines) is 1. The van der Waals surface area contributed by atoms with Crippen molar-refractivity contribution in [2.45, 2.75) is 51.5 Å². The van der Waals surface area contributed by atoms with Gasteiger partial charge in [-0.3, -0.25) is 14.6 Å². The smallest absolute Gasteiger partial charge is 0.256 e. The Labute approximate surface area is 172 Å². The summed E-state index contributed by atoms with van der Waals surface area (Å²) >= 11 is 0. The van der Waals surface area contributed by atoms with E-state index in [0.29, 0.717) is 24.7 Å². The average molecular weight is 392 g/mol. The molecule has 4 rings (SSSR count). The second-order valence-corrected chi connectivity index (χ2v) is 8.27. The second kappa shape index (κ2) is 8.76. The molecule has 1 aliphatic carbocycles. The van der Waals surface area contributed by atoms with Gasteiger partial charge >= 0.3 is 0 Å². The van der Waals surface area contributed by atoms with E-state index in [1.165, 1.54) is 12.8 Å². The van der Waals surface area contributed by atoms with Gasteiger partial charge < -0.3 is 10.2 Å². The molecule has 2 aliphatic rings. The fraction of sp³-hybridized carbons (Fsp3) is 0.458. The highest BCUT2D eigenvalue weighted by molar-refractivity contribution is 6.00. The Morgan fingerprint density at radius 2 is 1.72 bits per heavy atom. The predicted octanol–water partition coefficient (Wildman–Crippen LogP) is 3.97. The number of carbonyl (C=O) groups is 2. The van der Waals surface area contributed by atoms with E-state index in [4.69, 9.17) is 0 Å². The van der Waals surface area contributed by atoms with Crippen molar-refractivity contribution < 1.29 is 9.59 Å². The van der Waals surface area contributed by atoms with Gasteiger partial charge in [-0.25, -0.2) is 0 Å². The van der Waals surface area contributed by atoms with Crippen LogP contribution < -0.4 is 5.32 Å². The molecule has 0 atom stereocenters. The molecule has 29 heavy (non-hydrogen) atoms. The maximum absolute atomic E-state index is 13.2. The summed E-state index contributed by atoms with van der Waals surface area (Å²) in [5.41, 5.74) is 3.46. The third-order valence-corrected chi connectivity index (χ3v) is 6.29. The van der Waals surface area contributed by atoms with E-state index in [1.54, 1.807) is 6.20 Å². The van der Waals surface area contributed by atoms with E-state index in [2.05, 4.69) is 10.3 Å². The number of rotatable bonds is 4. The molecule has 1 saturated heterocycles. The maximum Gasteiger partial charge on any atom is 0.256 e. The van der Waals surface area contributed by atoms with Gasteiger partial charge in [0, 0.05) is 36.8 Å². The molecule has 0 radical (unpaired) electrons. The Morgan fingerprint density at radius 3 is 2.45 bits per heavy atom. The van der Waals surface area contributed by atoms with Crippen LogP contribution in [0.4, 0.5) is 0 Å². The van der Waals surface area contributed by atoms with E-state index in [9.17, 15) is 9.59 Å². The molecule has 1 aromatic heterocycles. The quantitative estimate of drug-likeness (QED) is 0.858. The zero-order chi connectivity index (χ0) is 20.2. The van der Waals surface area contributed by atoms with Crippen molar-refractivity contribution in [3.63, 3.8) is 0 Å². The van der Waals surface area contributed by atoms with Crippen molar-refractivity contribution in [2.24, 2.45) is 5.92 Å². The van der Waals surface area contributed by atoms with Gasteiger partial charge in [-0.15, -0.1) is 0 Å². The third kappa shape index (κ3) is 4.34. The summed E-state index contributed by atoms with van der Waals surface area (Å²) in [4.78, 5) is 32.2. The van der Waals surface area contributed by atoms with Crippen LogP contribution in [0.1, 0.15) is 54.4 Å². The molecule has 0 spiro atoms. The van der Waals surface area contributed by atoms with E-state index in [-0.39, 0.29) is 17.7 Å². The van der Waals surface area contributed by atoms with Crippen molar-refractivity contribution in [3.8, 4) is 11.3 Å². The van der Waals surface area contributed by atoms with Gasteiger partial charge in [0.15, 0.2) is 0 Å². The zero-order valence-corrected chi connectivity index (χ0v) is 17.1. The summed E-state index contributed by atoms with van der Waals surface area (Å²) in [5, 5.41) is 3.21. The first-order valence-corrected chi connectivity index (χ1v) is 10.7. The number of hydrogen-bond acceptors (Lipinski definition) is 3. The molecule has 5 heteroatoms. The Kier molecular flexibility index (Phi) is 5.93. The minimum absolute atomic E-state index is 0.00556. The maximum atomic E-state index is 13.2. The van der Waals surface area contributed by atoms with Gasteiger partial charge in [-0.2, -0.15) is 0 Å². The van der Waals surface area contributed by atoms with Gasteiger partial charge in [0.25, 0.3) is 5.91 Å². The molecular weight excluding hydrogens is 362 g/mol. The summed E-state index contributed by atoms with van der Waals surface area (Å²) in [6.45, 7) is 3.26. The first-order valence-electron chi connectivity index (χ1n) is 10.7. The van der Waals surface area contributed by atoms with Crippen LogP contribution in [0.25, 0.3) is 11.3 Å². The van der Waals surface area contributed by atoms with E-state index >= 15 is 0 Å². The standard InChI is InChI=1S/C24H29N3O2/c1-17-7-2-5-10-20(17)22-21(11-6-14-25-22)24(29)27-15-12-18(13-16-27)23(28)26-19-8-3-4-9-19/h2,5-7,10-11,14,18-19H,3-4,8-9,12-13,15-16H2,1H3,(H,26,28). The van der Waals surface area contributed by atoms with Gasteiger partial charge in [-0.1, -0.05) is 37.1 Å². The predicted molar refractivity (Wildman–Crippen MR) is 113 cm³/mol. The molecule has 2 aromatic rings. The normalized spacial score (nSPS) is 18.0. The summed E-state index contributed by atoms with van der Waals surface area (Å²) in [5.74, 6) is 0.196. The third-order valence-electron chi connectivity index (χ3n) is 6.29. The van der Waals surface area contributed by atoms with E-state index in [0.717, 1.165) is 42.5 Å². The van der Waals surface area contributed by atoms with Crippen molar-refractivity contribution in [1.29, 1.82) is 0 Å². The van der Waals surface area contributed by atoms with Crippen molar-refractivity contribution in [3.05, 3.63) is 53.7 Å². The number of hydrogen-bond donors (Lipinski definition) is 1. The lowest BCUT2D eigenvalue weighted by atomic mass is 9.94. The first kappa shape index (κ1) is 19.6. The molecule has 1 saturated carbocycles. The molecule has 0 unspecified atom stereocenters. The van der Waals surface area contributed by atoms with E-state index < -0.39 is 0 Å². The first-order chi connectivity index (χ1) is 14.1. The number of pyridine rings is 1. The molecule has 1 aliphatic heterocycles. The van der Waals surface area contributed by atoms with Crippen molar-refractivity contribution in [1.82, 2.24) is 15.2 Å². The largest absolute Gasteiger partial charge is 0.353 e. The molecule has 0 bridgehead atoms. The van der Waals surface area contributed by atoms with Crippen LogP contribution in [0.2, 0.25) is 0 Å². The number of amides is 2. The monoisotopic (exact) mass is 391 g/mol. The minimum Gasteiger partial charge on any atom is -0.353 e. The summed E-state index contributed by atoms with van der Waals surface area (Å²) in [7, 11) is 0. The highest BCUT2D eigenvalue weighted by Gasteiger charge is 2.30. The second-order valence-electron chi connectivity index (χ2n) is 8.27.